The van der Waals surface area contributed by atoms with Crippen LogP contribution in [0.15, 0.2) is 74.6 Å². The van der Waals surface area contributed by atoms with Gasteiger partial charge in [0.1, 0.15) is 18.0 Å². The van der Waals surface area contributed by atoms with Crippen molar-refractivity contribution in [2.75, 3.05) is 7.11 Å². The lowest BCUT2D eigenvalue weighted by molar-refractivity contribution is 0.0657. The molecule has 9 heteroatoms. The van der Waals surface area contributed by atoms with Crippen LogP contribution in [0.25, 0.3) is 11.0 Å². The SMILES string of the molecule is COc1cc(C=NNC(=O)c2cc3ccccc3o2)ccc1OCc1ccc(C(=O)O)o1. The number of fused-ring (bicyclic) bond motifs is 1. The van der Waals surface area contributed by atoms with Crippen molar-refractivity contribution < 1.29 is 33.0 Å². The fourth-order valence-corrected chi connectivity index (χ4v) is 2.92. The van der Waals surface area contributed by atoms with Gasteiger partial charge in [-0.05, 0) is 48.0 Å². The maximum absolute atomic E-state index is 12.2. The molecule has 162 valence electrons. The van der Waals surface area contributed by atoms with Gasteiger partial charge in [0.05, 0.1) is 13.3 Å². The van der Waals surface area contributed by atoms with E-state index in [0.717, 1.165) is 5.39 Å². The Morgan fingerprint density at radius 3 is 2.62 bits per heavy atom. The summed E-state index contributed by atoms with van der Waals surface area (Å²) in [5, 5.41) is 13.7. The van der Waals surface area contributed by atoms with Gasteiger partial charge in [0.2, 0.25) is 5.76 Å². The molecule has 0 spiro atoms. The number of ether oxygens (including phenoxy) is 2. The second-order valence-electron chi connectivity index (χ2n) is 6.62. The van der Waals surface area contributed by atoms with Crippen LogP contribution >= 0.6 is 0 Å². The van der Waals surface area contributed by atoms with Gasteiger partial charge in [0.15, 0.2) is 17.3 Å². The van der Waals surface area contributed by atoms with Crippen LogP contribution < -0.4 is 14.9 Å². The summed E-state index contributed by atoms with van der Waals surface area (Å²) in [4.78, 5) is 23.1. The molecule has 0 aliphatic heterocycles. The number of carboxylic acids is 1. The molecule has 32 heavy (non-hydrogen) atoms. The molecule has 2 N–H and O–H groups in total. The van der Waals surface area contributed by atoms with E-state index < -0.39 is 11.9 Å². The van der Waals surface area contributed by atoms with E-state index in [0.29, 0.717) is 28.4 Å². The Morgan fingerprint density at radius 1 is 1.03 bits per heavy atom. The lowest BCUT2D eigenvalue weighted by Crippen LogP contribution is -2.16. The zero-order valence-electron chi connectivity index (χ0n) is 16.9. The summed E-state index contributed by atoms with van der Waals surface area (Å²) in [7, 11) is 1.49. The zero-order valence-corrected chi connectivity index (χ0v) is 16.9. The number of nitrogens with one attached hydrogen (secondary N) is 1. The summed E-state index contributed by atoms with van der Waals surface area (Å²) < 4.78 is 21.6. The molecule has 0 fully saturated rings. The zero-order chi connectivity index (χ0) is 22.5. The number of hydrogen-bond acceptors (Lipinski definition) is 7. The average molecular weight is 434 g/mol. The Balaban J connectivity index is 1.38. The van der Waals surface area contributed by atoms with Gasteiger partial charge in [-0.3, -0.25) is 4.79 Å². The van der Waals surface area contributed by atoms with Crippen molar-refractivity contribution >= 4 is 29.1 Å². The first-order valence-electron chi connectivity index (χ1n) is 9.48. The summed E-state index contributed by atoms with van der Waals surface area (Å²) in [5.41, 5.74) is 3.70. The number of hydrazone groups is 1. The number of para-hydroxylation sites is 1. The van der Waals surface area contributed by atoms with Crippen LogP contribution in [0.4, 0.5) is 0 Å². The smallest absolute Gasteiger partial charge is 0.371 e. The van der Waals surface area contributed by atoms with Crippen LogP contribution in [0, 0.1) is 0 Å². The summed E-state index contributed by atoms with van der Waals surface area (Å²) in [6.45, 7) is 0.0324. The fourth-order valence-electron chi connectivity index (χ4n) is 2.92. The number of rotatable bonds is 8. The van der Waals surface area contributed by atoms with Crippen LogP contribution in [0.2, 0.25) is 0 Å². The van der Waals surface area contributed by atoms with Crippen molar-refractivity contribution in [2.45, 2.75) is 6.61 Å². The van der Waals surface area contributed by atoms with E-state index in [2.05, 4.69) is 10.5 Å². The van der Waals surface area contributed by atoms with Crippen LogP contribution in [0.3, 0.4) is 0 Å². The van der Waals surface area contributed by atoms with Crippen molar-refractivity contribution in [1.29, 1.82) is 0 Å². The molecule has 0 aliphatic rings. The van der Waals surface area contributed by atoms with E-state index in [4.69, 9.17) is 23.4 Å². The maximum atomic E-state index is 12.2. The molecule has 1 amide bonds. The van der Waals surface area contributed by atoms with Crippen LogP contribution in [0.1, 0.15) is 32.4 Å². The van der Waals surface area contributed by atoms with Gasteiger partial charge in [0, 0.05) is 5.39 Å². The van der Waals surface area contributed by atoms with E-state index in [1.54, 1.807) is 30.3 Å². The number of carbonyl (C=O) groups excluding carboxylic acids is 1. The van der Waals surface area contributed by atoms with Gasteiger partial charge in [-0.1, -0.05) is 18.2 Å². The van der Waals surface area contributed by atoms with E-state index in [9.17, 15) is 9.59 Å². The monoisotopic (exact) mass is 434 g/mol. The molecule has 2 aromatic heterocycles. The van der Waals surface area contributed by atoms with Gasteiger partial charge in [-0.15, -0.1) is 0 Å². The molecule has 0 atom stereocenters. The molecule has 9 nitrogen and oxygen atoms in total. The highest BCUT2D eigenvalue weighted by Crippen LogP contribution is 2.28. The highest BCUT2D eigenvalue weighted by Gasteiger charge is 2.12. The summed E-state index contributed by atoms with van der Waals surface area (Å²) in [6.07, 6.45) is 1.46. The van der Waals surface area contributed by atoms with E-state index >= 15 is 0 Å². The van der Waals surface area contributed by atoms with Crippen LogP contribution in [-0.4, -0.2) is 30.3 Å². The molecule has 4 rings (SSSR count). The number of benzene rings is 2. The minimum absolute atomic E-state index is 0.0324. The fraction of sp³-hybridized carbons (Fsp3) is 0.0870. The minimum Gasteiger partial charge on any atom is -0.493 e. The molecule has 0 radical (unpaired) electrons. The van der Waals surface area contributed by atoms with Crippen molar-refractivity contribution in [3.8, 4) is 11.5 Å². The third kappa shape index (κ3) is 4.62. The first-order valence-corrected chi connectivity index (χ1v) is 9.48. The topological polar surface area (TPSA) is 124 Å². The first-order chi connectivity index (χ1) is 15.5. The lowest BCUT2D eigenvalue weighted by atomic mass is 10.2. The molecule has 4 aromatic rings. The van der Waals surface area contributed by atoms with Gasteiger partial charge in [-0.25, -0.2) is 10.2 Å². The first kappa shape index (κ1) is 20.7. The second kappa shape index (κ2) is 9.09. The normalized spacial score (nSPS) is 11.0. The van der Waals surface area contributed by atoms with Gasteiger partial charge in [0.25, 0.3) is 0 Å². The third-order valence-electron chi connectivity index (χ3n) is 4.46. The summed E-state index contributed by atoms with van der Waals surface area (Å²) in [6, 6.07) is 16.9. The Kier molecular flexibility index (Phi) is 5.89. The van der Waals surface area contributed by atoms with Crippen molar-refractivity contribution in [1.82, 2.24) is 5.43 Å². The second-order valence-corrected chi connectivity index (χ2v) is 6.62. The molecule has 0 aliphatic carbocycles. The largest absolute Gasteiger partial charge is 0.493 e. The molecule has 0 bridgehead atoms. The Hall–Kier alpha value is -4.53. The third-order valence-corrected chi connectivity index (χ3v) is 4.46. The molecule has 2 aromatic carbocycles. The van der Waals surface area contributed by atoms with Crippen LogP contribution in [-0.2, 0) is 6.61 Å². The predicted octanol–water partition coefficient (Wildman–Crippen LogP) is 4.08. The number of furan rings is 2. The molecule has 0 saturated heterocycles. The van der Waals surface area contributed by atoms with Crippen molar-refractivity contribution in [3.05, 3.63) is 83.5 Å². The molecule has 2 heterocycles. The molecule has 0 saturated carbocycles. The number of nitrogens with zero attached hydrogens (tertiary/aromatic N) is 1. The minimum atomic E-state index is -1.15. The number of aromatic carboxylic acids is 1. The Morgan fingerprint density at radius 2 is 1.88 bits per heavy atom. The quantitative estimate of drug-likeness (QED) is 0.316. The van der Waals surface area contributed by atoms with Gasteiger partial charge < -0.3 is 23.4 Å². The number of carboxylic acid groups (broad SMARTS) is 1. The Bertz CT molecular complexity index is 1270. The van der Waals surface area contributed by atoms with Gasteiger partial charge >= 0.3 is 11.9 Å². The number of hydrogen-bond donors (Lipinski definition) is 2. The average Bonchev–Trinajstić information content (AvgIpc) is 3.45. The van der Waals surface area contributed by atoms with Crippen LogP contribution in [0.5, 0.6) is 11.5 Å². The highest BCUT2D eigenvalue weighted by atomic mass is 16.5. The van der Waals surface area contributed by atoms with E-state index in [1.165, 1.54) is 25.5 Å². The standard InChI is InChI=1S/C23H18N2O7/c1-29-20-10-14(6-8-18(20)30-13-16-7-9-19(31-16)23(27)28)12-24-25-22(26)21-11-15-4-2-3-5-17(15)32-21/h2-12H,13H2,1H3,(H,25,26)(H,27,28). The highest BCUT2D eigenvalue weighted by molar-refractivity contribution is 5.96. The van der Waals surface area contributed by atoms with E-state index in [1.807, 2.05) is 18.2 Å². The predicted molar refractivity (Wildman–Crippen MR) is 114 cm³/mol. The lowest BCUT2D eigenvalue weighted by Gasteiger charge is -2.10. The number of carbonyl (C=O) groups is 2. The summed E-state index contributed by atoms with van der Waals surface area (Å²) in [5.74, 6) is -0.385. The van der Waals surface area contributed by atoms with Gasteiger partial charge in [-0.2, -0.15) is 5.10 Å². The maximum Gasteiger partial charge on any atom is 0.371 e. The molecule has 0 unspecified atom stereocenters. The summed E-state index contributed by atoms with van der Waals surface area (Å²) >= 11 is 0. The molecular formula is C23H18N2O7. The van der Waals surface area contributed by atoms with Crippen molar-refractivity contribution in [3.63, 3.8) is 0 Å². The van der Waals surface area contributed by atoms with E-state index in [-0.39, 0.29) is 18.1 Å². The number of methoxy groups -OCH3 is 1. The molecular weight excluding hydrogens is 416 g/mol. The number of amides is 1. The van der Waals surface area contributed by atoms with Crippen molar-refractivity contribution in [2.24, 2.45) is 5.10 Å². The Labute approximate surface area is 181 Å².